The van der Waals surface area contributed by atoms with Gasteiger partial charge in [0.25, 0.3) is 0 Å². The van der Waals surface area contributed by atoms with Gasteiger partial charge in [-0.05, 0) is 40.6 Å². The lowest BCUT2D eigenvalue weighted by molar-refractivity contribution is 0.815. The number of hydrogen-bond acceptors (Lipinski definition) is 2. The van der Waals surface area contributed by atoms with Crippen molar-refractivity contribution in [3.8, 4) is 6.07 Å². The minimum Gasteiger partial charge on any atom is -0.263 e. The predicted octanol–water partition coefficient (Wildman–Crippen LogP) is 3.27. The Labute approximate surface area is 96.1 Å². The van der Waals surface area contributed by atoms with Gasteiger partial charge < -0.3 is 0 Å². The summed E-state index contributed by atoms with van der Waals surface area (Å²) < 4.78 is 1.07. The van der Waals surface area contributed by atoms with Crippen LogP contribution in [0, 0.1) is 14.9 Å². The summed E-state index contributed by atoms with van der Waals surface area (Å²) in [6.45, 7) is 0. The van der Waals surface area contributed by atoms with E-state index < -0.39 is 0 Å². The molecule has 2 nitrogen and oxygen atoms in total. The fourth-order valence-electron chi connectivity index (χ4n) is 0.958. The van der Waals surface area contributed by atoms with E-state index in [1.165, 1.54) is 0 Å². The Morgan fingerprint density at radius 1 is 1.62 bits per heavy atom. The third kappa shape index (κ3) is 3.49. The van der Waals surface area contributed by atoms with Gasteiger partial charge in [0.2, 0.25) is 0 Å². The summed E-state index contributed by atoms with van der Waals surface area (Å²) in [6, 6.07) is 4.06. The Balaban J connectivity index is 2.66. The molecule has 0 aliphatic rings. The molecule has 1 aromatic heterocycles. The summed E-state index contributed by atoms with van der Waals surface area (Å²) in [7, 11) is 0. The lowest BCUT2D eigenvalue weighted by Crippen LogP contribution is -1.92. The number of nitriles is 1. The highest BCUT2D eigenvalue weighted by Crippen LogP contribution is 2.25. The third-order valence-electron chi connectivity index (χ3n) is 1.60. The normalized spacial score (nSPS) is 12.1. The summed E-state index contributed by atoms with van der Waals surface area (Å²) >= 11 is 8.25. The zero-order chi connectivity index (χ0) is 9.68. The molecule has 0 radical (unpaired) electrons. The standard InChI is InChI=1S/C9H8ClIN2/c10-9(2-1-3-12)7-4-8(11)6-13-5-7/h4-6,9H,1-2H2/t9-/m1/s1. The lowest BCUT2D eigenvalue weighted by Gasteiger charge is -2.06. The van der Waals surface area contributed by atoms with Crippen LogP contribution in [0.25, 0.3) is 0 Å². The Morgan fingerprint density at radius 2 is 2.38 bits per heavy atom. The number of pyridine rings is 1. The molecular weight excluding hydrogens is 298 g/mol. The van der Waals surface area contributed by atoms with Crippen LogP contribution in [0.15, 0.2) is 18.5 Å². The highest BCUT2D eigenvalue weighted by Gasteiger charge is 2.07. The topological polar surface area (TPSA) is 36.7 Å². The van der Waals surface area contributed by atoms with E-state index in [2.05, 4.69) is 33.6 Å². The Kier molecular flexibility index (Phi) is 4.46. The molecule has 0 saturated carbocycles. The molecule has 0 unspecified atom stereocenters. The minimum atomic E-state index is -0.0955. The number of nitrogens with zero attached hydrogens (tertiary/aromatic N) is 2. The van der Waals surface area contributed by atoms with E-state index in [0.717, 1.165) is 9.13 Å². The molecule has 0 fully saturated rings. The van der Waals surface area contributed by atoms with Crippen molar-refractivity contribution in [1.82, 2.24) is 4.98 Å². The quantitative estimate of drug-likeness (QED) is 0.635. The van der Waals surface area contributed by atoms with Gasteiger partial charge in [0.1, 0.15) is 0 Å². The van der Waals surface area contributed by atoms with Crippen LogP contribution in [-0.2, 0) is 0 Å². The largest absolute Gasteiger partial charge is 0.263 e. The fraction of sp³-hybridized carbons (Fsp3) is 0.333. The van der Waals surface area contributed by atoms with Crippen LogP contribution in [0.1, 0.15) is 23.8 Å². The first-order valence-corrected chi connectivity index (χ1v) is 5.37. The van der Waals surface area contributed by atoms with E-state index in [0.29, 0.717) is 12.8 Å². The Morgan fingerprint density at radius 3 is 3.00 bits per heavy atom. The minimum absolute atomic E-state index is 0.0955. The molecule has 1 rings (SSSR count). The molecule has 0 bridgehead atoms. The monoisotopic (exact) mass is 306 g/mol. The van der Waals surface area contributed by atoms with Crippen molar-refractivity contribution >= 4 is 34.2 Å². The van der Waals surface area contributed by atoms with Gasteiger partial charge in [-0.2, -0.15) is 5.26 Å². The number of hydrogen-bond donors (Lipinski definition) is 0. The van der Waals surface area contributed by atoms with Gasteiger partial charge >= 0.3 is 0 Å². The first-order chi connectivity index (χ1) is 6.24. The van der Waals surface area contributed by atoms with Crippen molar-refractivity contribution in [3.63, 3.8) is 0 Å². The van der Waals surface area contributed by atoms with Gasteiger partial charge in [0.15, 0.2) is 0 Å². The second kappa shape index (κ2) is 5.40. The van der Waals surface area contributed by atoms with Crippen LogP contribution in [-0.4, -0.2) is 4.98 Å². The molecule has 0 amide bonds. The van der Waals surface area contributed by atoms with E-state index in [1.54, 1.807) is 12.4 Å². The molecule has 1 heterocycles. The lowest BCUT2D eigenvalue weighted by atomic mass is 10.1. The smallest absolute Gasteiger partial charge is 0.0622 e. The van der Waals surface area contributed by atoms with Gasteiger partial charge in [-0.1, -0.05) is 0 Å². The molecular formula is C9H8ClIN2. The number of aromatic nitrogens is 1. The highest BCUT2D eigenvalue weighted by atomic mass is 127. The van der Waals surface area contributed by atoms with Crippen molar-refractivity contribution in [3.05, 3.63) is 27.6 Å². The molecule has 13 heavy (non-hydrogen) atoms. The number of rotatable bonds is 3. The van der Waals surface area contributed by atoms with Crippen LogP contribution in [0.2, 0.25) is 0 Å². The number of alkyl halides is 1. The van der Waals surface area contributed by atoms with E-state index in [4.69, 9.17) is 16.9 Å². The fourth-order valence-corrected chi connectivity index (χ4v) is 1.71. The van der Waals surface area contributed by atoms with Gasteiger partial charge in [-0.15, -0.1) is 11.6 Å². The van der Waals surface area contributed by atoms with Crippen LogP contribution in [0.4, 0.5) is 0 Å². The van der Waals surface area contributed by atoms with E-state index in [9.17, 15) is 0 Å². The van der Waals surface area contributed by atoms with Gasteiger partial charge in [0, 0.05) is 22.4 Å². The van der Waals surface area contributed by atoms with Gasteiger partial charge in [-0.3, -0.25) is 4.98 Å². The van der Waals surface area contributed by atoms with Crippen LogP contribution in [0.5, 0.6) is 0 Å². The maximum Gasteiger partial charge on any atom is 0.0622 e. The van der Waals surface area contributed by atoms with Crippen molar-refractivity contribution in [2.45, 2.75) is 18.2 Å². The van der Waals surface area contributed by atoms with E-state index in [-0.39, 0.29) is 5.38 Å². The molecule has 0 aromatic carbocycles. The molecule has 68 valence electrons. The van der Waals surface area contributed by atoms with E-state index >= 15 is 0 Å². The Bertz CT molecular complexity index is 322. The maximum atomic E-state index is 8.39. The molecule has 0 N–H and O–H groups in total. The molecule has 0 aliphatic heterocycles. The molecule has 4 heteroatoms. The highest BCUT2D eigenvalue weighted by molar-refractivity contribution is 14.1. The first kappa shape index (κ1) is 10.7. The van der Waals surface area contributed by atoms with Crippen LogP contribution in [0.3, 0.4) is 0 Å². The average molecular weight is 307 g/mol. The third-order valence-corrected chi connectivity index (χ3v) is 2.66. The summed E-state index contributed by atoms with van der Waals surface area (Å²) in [4.78, 5) is 4.04. The molecule has 0 spiro atoms. The molecule has 0 saturated heterocycles. The maximum absolute atomic E-state index is 8.39. The van der Waals surface area contributed by atoms with Crippen molar-refractivity contribution in [2.24, 2.45) is 0 Å². The van der Waals surface area contributed by atoms with Gasteiger partial charge in [0.05, 0.1) is 11.4 Å². The zero-order valence-electron chi connectivity index (χ0n) is 6.87. The molecule has 1 atom stereocenters. The first-order valence-electron chi connectivity index (χ1n) is 3.85. The van der Waals surface area contributed by atoms with Crippen LogP contribution < -0.4 is 0 Å². The predicted molar refractivity (Wildman–Crippen MR) is 60.4 cm³/mol. The van der Waals surface area contributed by atoms with Crippen molar-refractivity contribution in [1.29, 1.82) is 5.26 Å². The molecule has 0 aliphatic carbocycles. The van der Waals surface area contributed by atoms with Crippen molar-refractivity contribution < 1.29 is 0 Å². The summed E-state index contributed by atoms with van der Waals surface area (Å²) in [5, 5.41) is 8.30. The summed E-state index contributed by atoms with van der Waals surface area (Å²) in [5.41, 5.74) is 0.990. The summed E-state index contributed by atoms with van der Waals surface area (Å²) in [5.74, 6) is 0. The molecule has 1 aromatic rings. The van der Waals surface area contributed by atoms with E-state index in [1.807, 2.05) is 6.07 Å². The van der Waals surface area contributed by atoms with Gasteiger partial charge in [-0.25, -0.2) is 0 Å². The van der Waals surface area contributed by atoms with Crippen LogP contribution >= 0.6 is 34.2 Å². The second-order valence-electron chi connectivity index (χ2n) is 2.60. The summed E-state index contributed by atoms with van der Waals surface area (Å²) in [6.07, 6.45) is 4.69. The number of halogens is 2. The van der Waals surface area contributed by atoms with Crippen molar-refractivity contribution in [2.75, 3.05) is 0 Å². The SMILES string of the molecule is N#CCC[C@@H](Cl)c1cncc(I)c1. The average Bonchev–Trinajstić information content (AvgIpc) is 2.14. The second-order valence-corrected chi connectivity index (χ2v) is 4.37. The zero-order valence-corrected chi connectivity index (χ0v) is 9.79. The Hall–Kier alpha value is -0.340.